The number of carbonyl (C=O) groups is 1. The van der Waals surface area contributed by atoms with Gasteiger partial charge in [0, 0.05) is 5.02 Å². The molecular formula is C14H13ClN2O3S. The van der Waals surface area contributed by atoms with Gasteiger partial charge in [-0.15, -0.1) is 0 Å². The van der Waals surface area contributed by atoms with Crippen LogP contribution in [0.4, 0.5) is 0 Å². The molecule has 7 heteroatoms. The molecule has 21 heavy (non-hydrogen) atoms. The minimum absolute atomic E-state index is 0.380. The zero-order chi connectivity index (χ0) is 15.2. The second-order valence-corrected chi connectivity index (χ2v) is 5.51. The average molecular weight is 325 g/mol. The van der Waals surface area contributed by atoms with Crippen molar-refractivity contribution in [2.45, 2.75) is 10.4 Å². The maximum atomic E-state index is 11.3. The first-order chi connectivity index (χ1) is 10.2. The standard InChI is InChI=1S/C14H13ClN2O3S/c1-19-12-7-13(20-2)17-14(16-12)21-11(8-18)9-3-5-10(15)6-4-9/h3-8,11H,1-2H3. The van der Waals surface area contributed by atoms with E-state index in [0.717, 1.165) is 11.8 Å². The van der Waals surface area contributed by atoms with E-state index in [-0.39, 0.29) is 0 Å². The lowest BCUT2D eigenvalue weighted by atomic mass is 10.2. The van der Waals surface area contributed by atoms with Crippen LogP contribution in [0, 0.1) is 0 Å². The van der Waals surface area contributed by atoms with Crippen LogP contribution in [0.3, 0.4) is 0 Å². The Morgan fingerprint density at radius 3 is 2.19 bits per heavy atom. The maximum absolute atomic E-state index is 11.3. The number of rotatable bonds is 6. The van der Waals surface area contributed by atoms with E-state index in [1.165, 1.54) is 26.0 Å². The topological polar surface area (TPSA) is 61.3 Å². The lowest BCUT2D eigenvalue weighted by Crippen LogP contribution is -2.00. The Balaban J connectivity index is 2.25. The SMILES string of the molecule is COc1cc(OC)nc(SC(C=O)c2ccc(Cl)cc2)n1. The Morgan fingerprint density at radius 1 is 1.14 bits per heavy atom. The molecule has 0 aliphatic rings. The van der Waals surface area contributed by atoms with Crippen LogP contribution in [0.25, 0.3) is 0 Å². The third kappa shape index (κ3) is 4.09. The summed E-state index contributed by atoms with van der Waals surface area (Å²) in [5.41, 5.74) is 0.824. The van der Waals surface area contributed by atoms with Gasteiger partial charge in [0.05, 0.1) is 25.5 Å². The Morgan fingerprint density at radius 2 is 1.71 bits per heavy atom. The summed E-state index contributed by atoms with van der Waals surface area (Å²) in [7, 11) is 3.01. The number of thioether (sulfide) groups is 1. The summed E-state index contributed by atoms with van der Waals surface area (Å²) in [4.78, 5) is 19.7. The van der Waals surface area contributed by atoms with Gasteiger partial charge < -0.3 is 14.3 Å². The van der Waals surface area contributed by atoms with E-state index in [2.05, 4.69) is 9.97 Å². The third-order valence-corrected chi connectivity index (χ3v) is 3.91. The molecule has 2 aromatic rings. The highest BCUT2D eigenvalue weighted by Gasteiger charge is 2.16. The summed E-state index contributed by atoms with van der Waals surface area (Å²) in [5, 5.41) is 0.588. The van der Waals surface area contributed by atoms with Gasteiger partial charge in [-0.05, 0) is 17.7 Å². The van der Waals surface area contributed by atoms with Crippen LogP contribution in [-0.4, -0.2) is 30.5 Å². The van der Waals surface area contributed by atoms with Crippen molar-refractivity contribution in [3.63, 3.8) is 0 Å². The van der Waals surface area contributed by atoms with Gasteiger partial charge in [-0.2, -0.15) is 9.97 Å². The quantitative estimate of drug-likeness (QED) is 0.462. The number of carbonyl (C=O) groups excluding carboxylic acids is 1. The molecule has 0 saturated carbocycles. The number of nitrogens with zero attached hydrogens (tertiary/aromatic N) is 2. The van der Waals surface area contributed by atoms with Crippen LogP contribution < -0.4 is 9.47 Å². The van der Waals surface area contributed by atoms with E-state index in [0.29, 0.717) is 21.9 Å². The number of benzene rings is 1. The van der Waals surface area contributed by atoms with Gasteiger partial charge in [-0.25, -0.2) is 0 Å². The minimum atomic E-state index is -0.431. The third-order valence-electron chi connectivity index (χ3n) is 2.63. The highest BCUT2D eigenvalue weighted by Crippen LogP contribution is 2.33. The molecule has 0 amide bonds. The van der Waals surface area contributed by atoms with E-state index in [9.17, 15) is 4.79 Å². The van der Waals surface area contributed by atoms with Gasteiger partial charge >= 0.3 is 0 Å². The summed E-state index contributed by atoms with van der Waals surface area (Å²) in [6, 6.07) is 8.64. The molecule has 0 aliphatic carbocycles. The van der Waals surface area contributed by atoms with E-state index in [1.54, 1.807) is 30.3 Å². The second kappa shape index (κ2) is 7.28. The number of ether oxygens (including phenoxy) is 2. The molecule has 1 aromatic heterocycles. The summed E-state index contributed by atoms with van der Waals surface area (Å²) in [5.74, 6) is 0.759. The number of aromatic nitrogens is 2. The van der Waals surface area contributed by atoms with Gasteiger partial charge in [0.2, 0.25) is 11.8 Å². The van der Waals surface area contributed by atoms with Gasteiger partial charge in [-0.1, -0.05) is 35.5 Å². The molecule has 0 saturated heterocycles. The monoisotopic (exact) mass is 324 g/mol. The molecule has 5 nitrogen and oxygen atoms in total. The molecule has 1 unspecified atom stereocenters. The fraction of sp³-hybridized carbons (Fsp3) is 0.214. The van der Waals surface area contributed by atoms with Crippen molar-refractivity contribution >= 4 is 29.6 Å². The highest BCUT2D eigenvalue weighted by molar-refractivity contribution is 8.00. The van der Waals surface area contributed by atoms with Gasteiger partial charge in [-0.3, -0.25) is 0 Å². The van der Waals surface area contributed by atoms with Gasteiger partial charge in [0.15, 0.2) is 5.16 Å². The van der Waals surface area contributed by atoms with Crippen LogP contribution >= 0.6 is 23.4 Å². The molecule has 0 aliphatic heterocycles. The summed E-state index contributed by atoms with van der Waals surface area (Å²) in [6.45, 7) is 0. The molecule has 0 spiro atoms. The zero-order valence-electron chi connectivity index (χ0n) is 11.4. The lowest BCUT2D eigenvalue weighted by Gasteiger charge is -2.11. The maximum Gasteiger partial charge on any atom is 0.220 e. The van der Waals surface area contributed by atoms with Crippen LogP contribution in [0.15, 0.2) is 35.5 Å². The Labute approximate surface area is 131 Å². The van der Waals surface area contributed by atoms with Crippen molar-refractivity contribution in [3.8, 4) is 11.8 Å². The second-order valence-electron chi connectivity index (χ2n) is 3.96. The van der Waals surface area contributed by atoms with Crippen LogP contribution in [-0.2, 0) is 4.79 Å². The molecule has 0 fully saturated rings. The first kappa shape index (κ1) is 15.6. The molecule has 2 rings (SSSR count). The number of hydrogen-bond acceptors (Lipinski definition) is 6. The van der Waals surface area contributed by atoms with Crippen LogP contribution in [0.2, 0.25) is 5.02 Å². The van der Waals surface area contributed by atoms with Gasteiger partial charge in [0.1, 0.15) is 6.29 Å². The van der Waals surface area contributed by atoms with Crippen molar-refractivity contribution in [2.24, 2.45) is 0 Å². The number of aldehydes is 1. The Bertz CT molecular complexity index is 600. The number of hydrogen-bond donors (Lipinski definition) is 0. The molecule has 1 heterocycles. The first-order valence-corrected chi connectivity index (χ1v) is 7.26. The largest absolute Gasteiger partial charge is 0.481 e. The summed E-state index contributed by atoms with van der Waals surface area (Å²) in [6.07, 6.45) is 0.837. The highest BCUT2D eigenvalue weighted by atomic mass is 35.5. The Hall–Kier alpha value is -1.79. The first-order valence-electron chi connectivity index (χ1n) is 6.00. The smallest absolute Gasteiger partial charge is 0.220 e. The van der Waals surface area contributed by atoms with E-state index in [1.807, 2.05) is 0 Å². The van der Waals surface area contributed by atoms with Crippen molar-refractivity contribution in [3.05, 3.63) is 40.9 Å². The van der Waals surface area contributed by atoms with Crippen LogP contribution in [0.5, 0.6) is 11.8 Å². The fourth-order valence-corrected chi connectivity index (χ4v) is 2.57. The van der Waals surface area contributed by atoms with E-state index in [4.69, 9.17) is 21.1 Å². The molecule has 0 radical (unpaired) electrons. The molecule has 1 aromatic carbocycles. The average Bonchev–Trinajstić information content (AvgIpc) is 2.53. The predicted octanol–water partition coefficient (Wildman–Crippen LogP) is 3.18. The fourth-order valence-electron chi connectivity index (χ4n) is 1.59. The van der Waals surface area contributed by atoms with Crippen molar-refractivity contribution in [1.82, 2.24) is 9.97 Å². The number of methoxy groups -OCH3 is 2. The van der Waals surface area contributed by atoms with E-state index >= 15 is 0 Å². The molecular weight excluding hydrogens is 312 g/mol. The molecule has 0 bridgehead atoms. The molecule has 1 atom stereocenters. The Kier molecular flexibility index (Phi) is 5.41. The normalized spacial score (nSPS) is 11.8. The molecule has 0 N–H and O–H groups in total. The lowest BCUT2D eigenvalue weighted by molar-refractivity contribution is -0.107. The van der Waals surface area contributed by atoms with Crippen molar-refractivity contribution in [2.75, 3.05) is 14.2 Å². The predicted molar refractivity (Wildman–Crippen MR) is 81.3 cm³/mol. The number of halogens is 1. The van der Waals surface area contributed by atoms with Crippen molar-refractivity contribution in [1.29, 1.82) is 0 Å². The van der Waals surface area contributed by atoms with Crippen LogP contribution in [0.1, 0.15) is 10.8 Å². The molecule has 110 valence electrons. The minimum Gasteiger partial charge on any atom is -0.481 e. The van der Waals surface area contributed by atoms with E-state index < -0.39 is 5.25 Å². The zero-order valence-corrected chi connectivity index (χ0v) is 13.0. The summed E-state index contributed by atoms with van der Waals surface area (Å²) >= 11 is 7.06. The summed E-state index contributed by atoms with van der Waals surface area (Å²) < 4.78 is 10.2. The van der Waals surface area contributed by atoms with Gasteiger partial charge in [0.25, 0.3) is 0 Å². The van der Waals surface area contributed by atoms with Crippen molar-refractivity contribution < 1.29 is 14.3 Å².